The van der Waals surface area contributed by atoms with Crippen molar-refractivity contribution >= 4 is 39.1 Å². The Morgan fingerprint density at radius 3 is 2.52 bits per heavy atom. The van der Waals surface area contributed by atoms with Gasteiger partial charge < -0.3 is 15.4 Å². The molecule has 0 radical (unpaired) electrons. The molecule has 0 aromatic heterocycles. The third kappa shape index (κ3) is 6.22. The van der Waals surface area contributed by atoms with E-state index in [-0.39, 0.29) is 24.5 Å². The first-order valence-corrected chi connectivity index (χ1v) is 7.93. The van der Waals surface area contributed by atoms with Gasteiger partial charge in [-0.05, 0) is 30.3 Å². The summed E-state index contributed by atoms with van der Waals surface area (Å²) in [5, 5.41) is 15.6. The van der Waals surface area contributed by atoms with E-state index in [1.165, 1.54) is 24.3 Å². The van der Waals surface area contributed by atoms with Crippen molar-refractivity contribution in [1.82, 2.24) is 5.32 Å². The van der Waals surface area contributed by atoms with Gasteiger partial charge in [0.2, 0.25) is 5.91 Å². The van der Waals surface area contributed by atoms with Gasteiger partial charge >= 0.3 is 0 Å². The number of benzene rings is 2. The number of halogens is 1. The molecule has 8 nitrogen and oxygen atoms in total. The van der Waals surface area contributed by atoms with Gasteiger partial charge in [-0.2, -0.15) is 0 Å². The summed E-state index contributed by atoms with van der Waals surface area (Å²) in [7, 11) is 0. The Morgan fingerprint density at radius 1 is 1.12 bits per heavy atom. The molecule has 9 heteroatoms. The Balaban J connectivity index is 1.75. The third-order valence-electron chi connectivity index (χ3n) is 2.97. The predicted molar refractivity (Wildman–Crippen MR) is 94.4 cm³/mol. The molecule has 0 saturated carbocycles. The Morgan fingerprint density at radius 2 is 1.84 bits per heavy atom. The van der Waals surface area contributed by atoms with Crippen molar-refractivity contribution in [2.45, 2.75) is 0 Å². The van der Waals surface area contributed by atoms with Crippen molar-refractivity contribution in [3.8, 4) is 5.75 Å². The minimum atomic E-state index is -0.559. The van der Waals surface area contributed by atoms with Gasteiger partial charge in [-0.25, -0.2) is 0 Å². The van der Waals surface area contributed by atoms with Gasteiger partial charge in [-0.3, -0.25) is 19.7 Å². The molecule has 0 bridgehead atoms. The maximum Gasteiger partial charge on any atom is 0.271 e. The second-order valence-corrected chi connectivity index (χ2v) is 5.79. The van der Waals surface area contributed by atoms with Crippen LogP contribution in [0, 0.1) is 10.1 Å². The van der Waals surface area contributed by atoms with Gasteiger partial charge in [0.25, 0.3) is 11.6 Å². The van der Waals surface area contributed by atoms with E-state index < -0.39 is 16.7 Å². The second kappa shape index (κ2) is 8.78. The molecule has 0 aliphatic heterocycles. The van der Waals surface area contributed by atoms with Crippen molar-refractivity contribution in [1.29, 1.82) is 0 Å². The molecule has 0 atom stereocenters. The number of hydrogen-bond acceptors (Lipinski definition) is 5. The number of non-ortho nitro benzene ring substituents is 1. The highest BCUT2D eigenvalue weighted by Crippen LogP contribution is 2.17. The summed E-state index contributed by atoms with van der Waals surface area (Å²) < 4.78 is 6.17. The molecule has 25 heavy (non-hydrogen) atoms. The van der Waals surface area contributed by atoms with Crippen LogP contribution in [0.2, 0.25) is 0 Å². The molecule has 0 spiro atoms. The molecular formula is C16H14BrN3O5. The highest BCUT2D eigenvalue weighted by molar-refractivity contribution is 9.10. The number of nitro benzene ring substituents is 1. The molecule has 0 aliphatic carbocycles. The quantitative estimate of drug-likeness (QED) is 0.540. The average Bonchev–Trinajstić information content (AvgIpc) is 2.59. The van der Waals surface area contributed by atoms with Crippen LogP contribution in [-0.2, 0) is 9.59 Å². The fraction of sp³-hybridized carbons (Fsp3) is 0.125. The summed E-state index contributed by atoms with van der Waals surface area (Å²) in [6.45, 7) is -0.503. The van der Waals surface area contributed by atoms with Gasteiger partial charge in [0.05, 0.1) is 11.5 Å². The molecule has 0 unspecified atom stereocenters. The zero-order valence-electron chi connectivity index (χ0n) is 12.9. The fourth-order valence-corrected chi connectivity index (χ4v) is 2.08. The van der Waals surface area contributed by atoms with Crippen LogP contribution < -0.4 is 15.4 Å². The smallest absolute Gasteiger partial charge is 0.271 e. The normalized spacial score (nSPS) is 9.96. The van der Waals surface area contributed by atoms with Crippen molar-refractivity contribution in [2.75, 3.05) is 18.5 Å². The summed E-state index contributed by atoms with van der Waals surface area (Å²) in [6.07, 6.45) is 0. The Kier molecular flexibility index (Phi) is 6.47. The summed E-state index contributed by atoms with van der Waals surface area (Å²) in [5.41, 5.74) is 0.143. The zero-order chi connectivity index (χ0) is 18.2. The fourth-order valence-electron chi connectivity index (χ4n) is 1.81. The van der Waals surface area contributed by atoms with Crippen LogP contribution in [-0.4, -0.2) is 29.9 Å². The number of carbonyl (C=O) groups excluding carboxylic acids is 2. The Hall–Kier alpha value is -2.94. The molecule has 2 aromatic rings. The monoisotopic (exact) mass is 407 g/mol. The molecule has 0 fully saturated rings. The van der Waals surface area contributed by atoms with E-state index in [4.69, 9.17) is 4.74 Å². The van der Waals surface area contributed by atoms with E-state index in [0.717, 1.165) is 4.47 Å². The number of hydrogen-bond donors (Lipinski definition) is 2. The van der Waals surface area contributed by atoms with Crippen molar-refractivity contribution < 1.29 is 19.2 Å². The first-order chi connectivity index (χ1) is 11.9. The predicted octanol–water partition coefficient (Wildman–Crippen LogP) is 2.49. The van der Waals surface area contributed by atoms with E-state index >= 15 is 0 Å². The van der Waals surface area contributed by atoms with Gasteiger partial charge in [0, 0.05) is 22.3 Å². The third-order valence-corrected chi connectivity index (χ3v) is 3.50. The minimum absolute atomic E-state index is 0.135. The molecule has 2 amide bonds. The molecule has 2 rings (SSSR count). The summed E-state index contributed by atoms with van der Waals surface area (Å²) in [4.78, 5) is 33.6. The second-order valence-electron chi connectivity index (χ2n) is 4.87. The van der Waals surface area contributed by atoms with Gasteiger partial charge in [0.15, 0.2) is 6.61 Å². The molecule has 2 N–H and O–H groups in total. The van der Waals surface area contributed by atoms with Crippen LogP contribution >= 0.6 is 15.9 Å². The number of rotatable bonds is 7. The number of ether oxygens (including phenoxy) is 1. The van der Waals surface area contributed by atoms with Crippen LogP contribution in [0.5, 0.6) is 5.75 Å². The minimum Gasteiger partial charge on any atom is -0.484 e. The maximum atomic E-state index is 11.8. The first-order valence-electron chi connectivity index (χ1n) is 7.13. The number of amides is 2. The van der Waals surface area contributed by atoms with Crippen LogP contribution in [0.15, 0.2) is 53.0 Å². The summed E-state index contributed by atoms with van der Waals surface area (Å²) in [6, 6.07) is 12.5. The molecule has 0 aliphatic rings. The van der Waals surface area contributed by atoms with E-state index in [9.17, 15) is 19.7 Å². The van der Waals surface area contributed by atoms with Crippen molar-refractivity contribution in [3.63, 3.8) is 0 Å². The van der Waals surface area contributed by atoms with E-state index in [2.05, 4.69) is 26.6 Å². The van der Waals surface area contributed by atoms with E-state index in [1.807, 2.05) is 0 Å². The summed E-state index contributed by atoms with van der Waals surface area (Å²) >= 11 is 3.29. The van der Waals surface area contributed by atoms with Crippen LogP contribution in [0.4, 0.5) is 11.4 Å². The van der Waals surface area contributed by atoms with Crippen molar-refractivity contribution in [3.05, 3.63) is 63.1 Å². The van der Waals surface area contributed by atoms with Crippen LogP contribution in [0.3, 0.4) is 0 Å². The summed E-state index contributed by atoms with van der Waals surface area (Å²) in [5.74, 6) is -0.436. The maximum absolute atomic E-state index is 11.8. The van der Waals surface area contributed by atoms with E-state index in [0.29, 0.717) is 5.75 Å². The zero-order valence-corrected chi connectivity index (χ0v) is 14.5. The Bertz CT molecular complexity index is 780. The highest BCUT2D eigenvalue weighted by atomic mass is 79.9. The number of nitrogens with one attached hydrogen (secondary N) is 2. The lowest BCUT2D eigenvalue weighted by Crippen LogP contribution is -2.35. The largest absolute Gasteiger partial charge is 0.484 e. The van der Waals surface area contributed by atoms with E-state index in [1.54, 1.807) is 24.3 Å². The topological polar surface area (TPSA) is 111 Å². The standard InChI is InChI=1S/C16H14BrN3O5/c17-11-4-6-14(7-5-11)25-10-16(22)18-9-15(21)19-12-2-1-3-13(8-12)20(23)24/h1-8H,9-10H2,(H,18,22)(H,19,21). The number of nitro groups is 1. The Labute approximate surface area is 151 Å². The average molecular weight is 408 g/mol. The highest BCUT2D eigenvalue weighted by Gasteiger charge is 2.10. The van der Waals surface area contributed by atoms with Crippen LogP contribution in [0.1, 0.15) is 0 Å². The molecule has 0 heterocycles. The lowest BCUT2D eigenvalue weighted by atomic mass is 10.3. The molecule has 2 aromatic carbocycles. The number of nitrogens with zero attached hydrogens (tertiary/aromatic N) is 1. The molecular weight excluding hydrogens is 394 g/mol. The lowest BCUT2D eigenvalue weighted by molar-refractivity contribution is -0.384. The first kappa shape index (κ1) is 18.4. The molecule has 130 valence electrons. The van der Waals surface area contributed by atoms with Gasteiger partial charge in [0.1, 0.15) is 5.75 Å². The number of anilines is 1. The van der Waals surface area contributed by atoms with Gasteiger partial charge in [-0.15, -0.1) is 0 Å². The lowest BCUT2D eigenvalue weighted by Gasteiger charge is -2.08. The van der Waals surface area contributed by atoms with Crippen LogP contribution in [0.25, 0.3) is 0 Å². The van der Waals surface area contributed by atoms with Crippen molar-refractivity contribution in [2.24, 2.45) is 0 Å². The van der Waals surface area contributed by atoms with Gasteiger partial charge in [-0.1, -0.05) is 22.0 Å². The number of carbonyl (C=O) groups is 2. The molecule has 0 saturated heterocycles. The SMILES string of the molecule is O=C(COc1ccc(Br)cc1)NCC(=O)Nc1cccc([N+](=O)[O-])c1.